The molecule has 0 fully saturated rings. The van der Waals surface area contributed by atoms with Gasteiger partial charge in [0.1, 0.15) is 11.6 Å². The maximum absolute atomic E-state index is 13.4. The van der Waals surface area contributed by atoms with E-state index in [1.807, 2.05) is 27.7 Å². The Bertz CT molecular complexity index is 418. The van der Waals surface area contributed by atoms with Gasteiger partial charge in [0.15, 0.2) is 0 Å². The third-order valence-electron chi connectivity index (χ3n) is 3.21. The largest absolute Gasteiger partial charge is 0.314 e. The van der Waals surface area contributed by atoms with Crippen molar-refractivity contribution in [2.45, 2.75) is 39.7 Å². The summed E-state index contributed by atoms with van der Waals surface area (Å²) in [6.45, 7) is 12.9. The van der Waals surface area contributed by atoms with Crippen molar-refractivity contribution in [3.05, 3.63) is 47.5 Å². The lowest BCUT2D eigenvalue weighted by atomic mass is 9.85. The molecule has 1 N–H and O–H groups in total. The molecule has 0 spiro atoms. The molecule has 1 aromatic carbocycles. The second-order valence-corrected chi connectivity index (χ2v) is 5.55. The van der Waals surface area contributed by atoms with Crippen LogP contribution < -0.4 is 5.32 Å². The van der Waals surface area contributed by atoms with Crippen LogP contribution in [0, 0.1) is 17.6 Å². The fourth-order valence-electron chi connectivity index (χ4n) is 2.00. The van der Waals surface area contributed by atoms with E-state index in [0.717, 1.165) is 11.6 Å². The molecule has 0 aliphatic rings. The van der Waals surface area contributed by atoms with Crippen LogP contribution in [0.3, 0.4) is 0 Å². The van der Waals surface area contributed by atoms with Crippen molar-refractivity contribution >= 4 is 0 Å². The van der Waals surface area contributed by atoms with Gasteiger partial charge in [0.25, 0.3) is 0 Å². The summed E-state index contributed by atoms with van der Waals surface area (Å²) in [4.78, 5) is 0. The molecular weight excluding hydrogens is 244 g/mol. The number of halogens is 2. The maximum atomic E-state index is 13.4. The molecule has 3 heteroatoms. The van der Waals surface area contributed by atoms with Crippen molar-refractivity contribution in [2.24, 2.45) is 5.92 Å². The number of benzene rings is 1. The first-order valence-corrected chi connectivity index (χ1v) is 6.69. The summed E-state index contributed by atoms with van der Waals surface area (Å²) in [6.07, 6.45) is 0. The van der Waals surface area contributed by atoms with Gasteiger partial charge in [-0.25, -0.2) is 8.78 Å². The Balaban J connectivity index is 3.03. The van der Waals surface area contributed by atoms with Crippen molar-refractivity contribution in [3.63, 3.8) is 0 Å². The summed E-state index contributed by atoms with van der Waals surface area (Å²) in [7, 11) is 0. The van der Waals surface area contributed by atoms with Crippen molar-refractivity contribution in [2.75, 3.05) is 6.54 Å². The van der Waals surface area contributed by atoms with Crippen LogP contribution in [-0.2, 0) is 0 Å². The monoisotopic (exact) mass is 267 g/mol. The molecular formula is C16H23F2N. The molecule has 0 saturated carbocycles. The molecule has 0 heterocycles. The lowest BCUT2D eigenvalue weighted by Gasteiger charge is -2.24. The molecule has 106 valence electrons. The second kappa shape index (κ2) is 6.80. The van der Waals surface area contributed by atoms with Crippen molar-refractivity contribution in [3.8, 4) is 0 Å². The molecule has 0 amide bonds. The van der Waals surface area contributed by atoms with Gasteiger partial charge in [0.2, 0.25) is 0 Å². The van der Waals surface area contributed by atoms with E-state index in [1.165, 1.54) is 12.1 Å². The molecule has 1 atom stereocenters. The van der Waals surface area contributed by atoms with Gasteiger partial charge in [-0.15, -0.1) is 0 Å². The highest BCUT2D eigenvalue weighted by Crippen LogP contribution is 2.29. The Morgan fingerprint density at radius 2 is 1.63 bits per heavy atom. The molecule has 0 unspecified atom stereocenters. The van der Waals surface area contributed by atoms with Crippen LogP contribution in [0.5, 0.6) is 0 Å². The second-order valence-electron chi connectivity index (χ2n) is 5.55. The van der Waals surface area contributed by atoms with Gasteiger partial charge < -0.3 is 5.32 Å². The van der Waals surface area contributed by atoms with E-state index in [2.05, 4.69) is 11.9 Å². The van der Waals surface area contributed by atoms with Gasteiger partial charge in [-0.3, -0.25) is 0 Å². The predicted octanol–water partition coefficient (Wildman–Crippen LogP) is 4.26. The first-order valence-electron chi connectivity index (χ1n) is 6.69. The molecule has 0 radical (unpaired) electrons. The fraction of sp³-hybridized carbons (Fsp3) is 0.500. The molecule has 1 nitrogen and oxygen atoms in total. The minimum absolute atomic E-state index is 0.0763. The van der Waals surface area contributed by atoms with Crippen molar-refractivity contribution < 1.29 is 8.78 Å². The van der Waals surface area contributed by atoms with Crippen molar-refractivity contribution in [1.29, 1.82) is 0 Å². The van der Waals surface area contributed by atoms with Crippen LogP contribution >= 0.6 is 0 Å². The van der Waals surface area contributed by atoms with Gasteiger partial charge in [0, 0.05) is 24.6 Å². The Hall–Kier alpha value is -1.22. The highest BCUT2D eigenvalue weighted by Gasteiger charge is 2.19. The van der Waals surface area contributed by atoms with Crippen LogP contribution in [0.15, 0.2) is 30.4 Å². The van der Waals surface area contributed by atoms with E-state index in [1.54, 1.807) is 0 Å². The minimum atomic E-state index is -0.541. The molecule has 0 aliphatic heterocycles. The fourth-order valence-corrected chi connectivity index (χ4v) is 2.00. The third-order valence-corrected chi connectivity index (χ3v) is 3.21. The van der Waals surface area contributed by atoms with Crippen LogP contribution in [-0.4, -0.2) is 12.6 Å². The number of hydrogen-bond donors (Lipinski definition) is 1. The van der Waals surface area contributed by atoms with Crippen LogP contribution in [0.25, 0.3) is 0 Å². The molecule has 0 saturated heterocycles. The lowest BCUT2D eigenvalue weighted by Crippen LogP contribution is -2.29. The Morgan fingerprint density at radius 1 is 1.11 bits per heavy atom. The first kappa shape index (κ1) is 15.8. The average molecular weight is 267 g/mol. The predicted molar refractivity (Wildman–Crippen MR) is 76.2 cm³/mol. The zero-order valence-corrected chi connectivity index (χ0v) is 12.1. The molecule has 0 bridgehead atoms. The van der Waals surface area contributed by atoms with Gasteiger partial charge >= 0.3 is 0 Å². The summed E-state index contributed by atoms with van der Waals surface area (Å²) in [5.74, 6) is -0.889. The van der Waals surface area contributed by atoms with Crippen LogP contribution in [0.2, 0.25) is 0 Å². The summed E-state index contributed by atoms with van der Waals surface area (Å²) < 4.78 is 26.7. The van der Waals surface area contributed by atoms with E-state index < -0.39 is 11.6 Å². The smallest absolute Gasteiger partial charge is 0.126 e. The Kier molecular flexibility index (Phi) is 5.67. The summed E-state index contributed by atoms with van der Waals surface area (Å²) in [5.41, 5.74) is 1.63. The molecule has 19 heavy (non-hydrogen) atoms. The first-order chi connectivity index (χ1) is 8.81. The van der Waals surface area contributed by atoms with E-state index in [0.29, 0.717) is 18.2 Å². The number of hydrogen-bond acceptors (Lipinski definition) is 1. The van der Waals surface area contributed by atoms with Gasteiger partial charge in [0.05, 0.1) is 0 Å². The summed E-state index contributed by atoms with van der Waals surface area (Å²) >= 11 is 0. The van der Waals surface area contributed by atoms with Crippen LogP contribution in [0.1, 0.15) is 39.2 Å². The Morgan fingerprint density at radius 3 is 2.05 bits per heavy atom. The maximum Gasteiger partial charge on any atom is 0.126 e. The lowest BCUT2D eigenvalue weighted by molar-refractivity contribution is 0.526. The SMILES string of the molecule is C=C(C(C)C)[C@H](CNC(C)C)c1cc(F)cc(F)c1. The third kappa shape index (κ3) is 4.75. The minimum Gasteiger partial charge on any atom is -0.314 e. The zero-order chi connectivity index (χ0) is 14.6. The zero-order valence-electron chi connectivity index (χ0n) is 12.1. The highest BCUT2D eigenvalue weighted by molar-refractivity contribution is 5.30. The average Bonchev–Trinajstić information content (AvgIpc) is 2.27. The van der Waals surface area contributed by atoms with E-state index >= 15 is 0 Å². The molecule has 0 aromatic heterocycles. The molecule has 1 aromatic rings. The quantitative estimate of drug-likeness (QED) is 0.759. The summed E-state index contributed by atoms with van der Waals surface area (Å²) in [5, 5.41) is 3.31. The van der Waals surface area contributed by atoms with Crippen molar-refractivity contribution in [1.82, 2.24) is 5.32 Å². The number of rotatable bonds is 6. The normalized spacial score (nSPS) is 13.1. The Labute approximate surface area is 114 Å². The van der Waals surface area contributed by atoms with Gasteiger partial charge in [-0.05, 0) is 23.6 Å². The topological polar surface area (TPSA) is 12.0 Å². The highest BCUT2D eigenvalue weighted by atomic mass is 19.1. The molecule has 0 aliphatic carbocycles. The standard InChI is InChI=1S/C16H23F2N/c1-10(2)12(5)16(9-19-11(3)4)13-6-14(17)8-15(18)7-13/h6-8,10-11,16,19H,5,9H2,1-4H3/t16-/m0/s1. The summed E-state index contributed by atoms with van der Waals surface area (Å²) in [6, 6.07) is 4.00. The van der Waals surface area contributed by atoms with E-state index in [4.69, 9.17) is 0 Å². The van der Waals surface area contributed by atoms with E-state index in [9.17, 15) is 8.78 Å². The van der Waals surface area contributed by atoms with Crippen LogP contribution in [0.4, 0.5) is 8.78 Å². The van der Waals surface area contributed by atoms with Gasteiger partial charge in [-0.1, -0.05) is 39.8 Å². The number of nitrogens with one attached hydrogen (secondary N) is 1. The molecule has 1 rings (SSSR count). The van der Waals surface area contributed by atoms with Gasteiger partial charge in [-0.2, -0.15) is 0 Å². The van der Waals surface area contributed by atoms with E-state index in [-0.39, 0.29) is 11.8 Å².